The molecule has 0 aliphatic carbocycles. The molecule has 122 valence electrons. The maximum Gasteiger partial charge on any atom is 0.0989 e. The zero-order chi connectivity index (χ0) is 16.7. The highest BCUT2D eigenvalue weighted by Gasteiger charge is 2.31. The molecule has 0 spiro atoms. The molecule has 3 heteroatoms. The lowest BCUT2D eigenvalue weighted by molar-refractivity contribution is 0.679. The monoisotopic (exact) mass is 317 g/mol. The predicted octanol–water partition coefficient (Wildman–Crippen LogP) is 5.53. The smallest absolute Gasteiger partial charge is 0.0989 e. The Morgan fingerprint density at radius 3 is 2.50 bits per heavy atom. The van der Waals surface area contributed by atoms with Crippen LogP contribution >= 0.6 is 0 Å². The Bertz CT molecular complexity index is 832. The number of fused-ring (bicyclic) bond motifs is 4. The van der Waals surface area contributed by atoms with Crippen LogP contribution in [0.2, 0.25) is 0 Å². The molecule has 0 radical (unpaired) electrons. The summed E-state index contributed by atoms with van der Waals surface area (Å²) in [6.45, 7) is 7.61. The van der Waals surface area contributed by atoms with Gasteiger partial charge in [0.05, 0.1) is 11.7 Å². The number of hydrogen-bond donors (Lipinski definition) is 0. The molecule has 0 amide bonds. The standard InChI is InChI=1S/C21H23N3/c1-4-18-20-17-11-7-8-12-19(17)24(14(2)3)13-15-9-5-6-10-16(15)21(20)23-22-18/h5-12,14,18H,4,13H2,1-3H3. The van der Waals surface area contributed by atoms with E-state index in [0.29, 0.717) is 6.04 Å². The number of hydrogen-bond acceptors (Lipinski definition) is 3. The van der Waals surface area contributed by atoms with E-state index in [4.69, 9.17) is 0 Å². The predicted molar refractivity (Wildman–Crippen MR) is 100.0 cm³/mol. The Kier molecular flexibility index (Phi) is 3.72. The third-order valence-corrected chi connectivity index (χ3v) is 5.01. The molecule has 2 aliphatic heterocycles. The van der Waals surface area contributed by atoms with E-state index in [9.17, 15) is 0 Å². The van der Waals surface area contributed by atoms with Gasteiger partial charge in [0, 0.05) is 35.0 Å². The third kappa shape index (κ3) is 2.27. The van der Waals surface area contributed by atoms with Crippen molar-refractivity contribution in [2.24, 2.45) is 10.2 Å². The second-order valence-corrected chi connectivity index (χ2v) is 6.80. The van der Waals surface area contributed by atoms with Crippen molar-refractivity contribution in [1.82, 2.24) is 0 Å². The van der Waals surface area contributed by atoms with Crippen molar-refractivity contribution in [3.8, 4) is 0 Å². The molecule has 0 aromatic heterocycles. The Morgan fingerprint density at radius 2 is 1.75 bits per heavy atom. The quantitative estimate of drug-likeness (QED) is 0.716. The van der Waals surface area contributed by atoms with Crippen LogP contribution in [0, 0.1) is 0 Å². The van der Waals surface area contributed by atoms with E-state index in [0.717, 1.165) is 18.7 Å². The molecular formula is C21H23N3. The first kappa shape index (κ1) is 15.1. The molecule has 3 nitrogen and oxygen atoms in total. The Labute approximate surface area is 143 Å². The maximum atomic E-state index is 4.61. The lowest BCUT2D eigenvalue weighted by Crippen LogP contribution is -2.32. The Balaban J connectivity index is 2.04. The number of para-hydroxylation sites is 1. The number of azo groups is 1. The van der Waals surface area contributed by atoms with Gasteiger partial charge in [-0.3, -0.25) is 0 Å². The molecule has 2 aromatic carbocycles. The van der Waals surface area contributed by atoms with Crippen LogP contribution in [0.1, 0.15) is 43.9 Å². The van der Waals surface area contributed by atoms with E-state index in [1.165, 1.54) is 28.0 Å². The van der Waals surface area contributed by atoms with Crippen LogP contribution in [0.25, 0.3) is 11.3 Å². The molecule has 4 rings (SSSR count). The SMILES string of the molecule is CCC1N=NC2=C1c1ccccc1N(C(C)C)Cc1ccccc12. The van der Waals surface area contributed by atoms with Gasteiger partial charge in [0.15, 0.2) is 0 Å². The second kappa shape index (κ2) is 5.90. The molecule has 2 heterocycles. The maximum absolute atomic E-state index is 4.61. The summed E-state index contributed by atoms with van der Waals surface area (Å²) in [5.74, 6) is 0. The van der Waals surface area contributed by atoms with Gasteiger partial charge in [-0.25, -0.2) is 0 Å². The normalized spacial score (nSPS) is 19.0. The van der Waals surface area contributed by atoms with E-state index >= 15 is 0 Å². The Hall–Kier alpha value is -2.42. The van der Waals surface area contributed by atoms with Crippen LogP contribution in [-0.2, 0) is 6.54 Å². The third-order valence-electron chi connectivity index (χ3n) is 5.01. The van der Waals surface area contributed by atoms with Crippen molar-refractivity contribution in [2.75, 3.05) is 4.90 Å². The van der Waals surface area contributed by atoms with Gasteiger partial charge in [-0.15, -0.1) is 0 Å². The van der Waals surface area contributed by atoms with Gasteiger partial charge in [0.1, 0.15) is 0 Å². The molecule has 2 aromatic rings. The van der Waals surface area contributed by atoms with E-state index in [2.05, 4.69) is 84.4 Å². The van der Waals surface area contributed by atoms with Gasteiger partial charge in [0.25, 0.3) is 0 Å². The summed E-state index contributed by atoms with van der Waals surface area (Å²) in [6.07, 6.45) is 0.973. The van der Waals surface area contributed by atoms with Crippen LogP contribution in [0.5, 0.6) is 0 Å². The fourth-order valence-electron chi connectivity index (χ4n) is 3.76. The minimum absolute atomic E-state index is 0.154. The van der Waals surface area contributed by atoms with Crippen LogP contribution in [0.4, 0.5) is 5.69 Å². The molecule has 0 N–H and O–H groups in total. The Morgan fingerprint density at radius 1 is 1.04 bits per heavy atom. The molecule has 0 saturated carbocycles. The summed E-state index contributed by atoms with van der Waals surface area (Å²) in [4.78, 5) is 2.49. The number of anilines is 1. The van der Waals surface area contributed by atoms with Crippen molar-refractivity contribution >= 4 is 17.0 Å². The fraction of sp³-hybridized carbons (Fsp3) is 0.333. The van der Waals surface area contributed by atoms with Gasteiger partial charge >= 0.3 is 0 Å². The minimum atomic E-state index is 0.154. The molecule has 1 atom stereocenters. The topological polar surface area (TPSA) is 28.0 Å². The van der Waals surface area contributed by atoms with E-state index < -0.39 is 0 Å². The zero-order valence-electron chi connectivity index (χ0n) is 14.5. The summed E-state index contributed by atoms with van der Waals surface area (Å²) < 4.78 is 0. The highest BCUT2D eigenvalue weighted by Crippen LogP contribution is 2.44. The summed E-state index contributed by atoms with van der Waals surface area (Å²) in [6, 6.07) is 17.9. The molecule has 2 aliphatic rings. The largest absolute Gasteiger partial charge is 0.364 e. The summed E-state index contributed by atoms with van der Waals surface area (Å²) in [5, 5.41) is 9.19. The van der Waals surface area contributed by atoms with Gasteiger partial charge in [0.2, 0.25) is 0 Å². The first-order valence-electron chi connectivity index (χ1n) is 8.80. The molecule has 0 bridgehead atoms. The lowest BCUT2D eigenvalue weighted by atomic mass is 9.88. The van der Waals surface area contributed by atoms with Gasteiger partial charge in [-0.2, -0.15) is 10.2 Å². The number of rotatable bonds is 2. The molecular weight excluding hydrogens is 294 g/mol. The molecule has 0 fully saturated rings. The summed E-state index contributed by atoms with van der Waals surface area (Å²) in [5.41, 5.74) is 7.48. The van der Waals surface area contributed by atoms with Crippen molar-refractivity contribution in [3.63, 3.8) is 0 Å². The number of nitrogens with zero attached hydrogens (tertiary/aromatic N) is 3. The average Bonchev–Trinajstić information content (AvgIpc) is 3.01. The fourth-order valence-corrected chi connectivity index (χ4v) is 3.76. The zero-order valence-corrected chi connectivity index (χ0v) is 14.5. The van der Waals surface area contributed by atoms with Crippen LogP contribution < -0.4 is 4.90 Å². The lowest BCUT2D eigenvalue weighted by Gasteiger charge is -2.34. The van der Waals surface area contributed by atoms with E-state index in [-0.39, 0.29) is 6.04 Å². The van der Waals surface area contributed by atoms with Crippen molar-refractivity contribution in [3.05, 3.63) is 65.2 Å². The van der Waals surface area contributed by atoms with Crippen LogP contribution in [-0.4, -0.2) is 12.1 Å². The summed E-state index contributed by atoms with van der Waals surface area (Å²) in [7, 11) is 0. The van der Waals surface area contributed by atoms with Gasteiger partial charge in [-0.05, 0) is 31.9 Å². The van der Waals surface area contributed by atoms with Crippen molar-refractivity contribution in [2.45, 2.75) is 45.8 Å². The first-order chi connectivity index (χ1) is 11.7. The summed E-state index contributed by atoms with van der Waals surface area (Å²) >= 11 is 0. The van der Waals surface area contributed by atoms with Crippen molar-refractivity contribution in [1.29, 1.82) is 0 Å². The highest BCUT2D eigenvalue weighted by atomic mass is 15.2. The van der Waals surface area contributed by atoms with Gasteiger partial charge in [-0.1, -0.05) is 49.4 Å². The molecule has 0 saturated heterocycles. The number of benzene rings is 2. The van der Waals surface area contributed by atoms with Crippen LogP contribution in [0.3, 0.4) is 0 Å². The first-order valence-corrected chi connectivity index (χ1v) is 8.80. The highest BCUT2D eigenvalue weighted by molar-refractivity contribution is 5.98. The van der Waals surface area contributed by atoms with E-state index in [1.54, 1.807) is 0 Å². The average molecular weight is 317 g/mol. The van der Waals surface area contributed by atoms with Gasteiger partial charge < -0.3 is 4.90 Å². The van der Waals surface area contributed by atoms with Crippen molar-refractivity contribution < 1.29 is 0 Å². The van der Waals surface area contributed by atoms with E-state index in [1.807, 2.05) is 0 Å². The second-order valence-electron chi connectivity index (χ2n) is 6.80. The van der Waals surface area contributed by atoms with Crippen LogP contribution in [0.15, 0.2) is 58.8 Å². The molecule has 24 heavy (non-hydrogen) atoms. The minimum Gasteiger partial charge on any atom is -0.364 e. The molecule has 1 unspecified atom stereocenters.